The zero-order valence-electron chi connectivity index (χ0n) is 13.5. The molecule has 6 nitrogen and oxygen atoms in total. The number of aromatic nitrogens is 3. The Bertz CT molecular complexity index is 921. The molecule has 1 aliphatic rings. The maximum Gasteiger partial charge on any atom is 0.231 e. The third kappa shape index (κ3) is 3.06. The van der Waals surface area contributed by atoms with Crippen LogP contribution in [0.2, 0.25) is 10.0 Å². The van der Waals surface area contributed by atoms with Gasteiger partial charge in [0.1, 0.15) is 0 Å². The van der Waals surface area contributed by atoms with Crippen LogP contribution in [-0.2, 0) is 11.3 Å². The minimum atomic E-state index is 0.380. The van der Waals surface area contributed by atoms with Gasteiger partial charge < -0.3 is 15.4 Å². The molecule has 0 spiro atoms. The van der Waals surface area contributed by atoms with Gasteiger partial charge in [-0.05, 0) is 23.8 Å². The van der Waals surface area contributed by atoms with Crippen LogP contribution in [0.1, 0.15) is 5.56 Å². The van der Waals surface area contributed by atoms with Gasteiger partial charge in [0.05, 0.1) is 13.2 Å². The van der Waals surface area contributed by atoms with Gasteiger partial charge in [-0.15, -0.1) is 10.2 Å². The Kier molecular flexibility index (Phi) is 4.52. The monoisotopic (exact) mass is 377 g/mol. The number of rotatable bonds is 3. The number of anilines is 1. The van der Waals surface area contributed by atoms with Crippen LogP contribution in [0.3, 0.4) is 0 Å². The molecule has 1 fully saturated rings. The number of fused-ring (bicyclic) bond motifs is 1. The molecule has 3 heterocycles. The number of morpholine rings is 1. The van der Waals surface area contributed by atoms with Crippen molar-refractivity contribution in [3.05, 3.63) is 46.1 Å². The highest BCUT2D eigenvalue weighted by Gasteiger charge is 2.19. The Labute approximate surface area is 155 Å². The summed E-state index contributed by atoms with van der Waals surface area (Å²) in [5.74, 6) is 0.799. The first kappa shape index (κ1) is 16.6. The summed E-state index contributed by atoms with van der Waals surface area (Å²) in [5, 5.41) is 9.83. The smallest absolute Gasteiger partial charge is 0.231 e. The number of benzene rings is 1. The van der Waals surface area contributed by atoms with Crippen LogP contribution in [0.15, 0.2) is 30.5 Å². The van der Waals surface area contributed by atoms with Crippen LogP contribution >= 0.6 is 23.2 Å². The average Bonchev–Trinajstić information content (AvgIpc) is 3.04. The maximum absolute atomic E-state index is 6.41. The number of nitrogens with zero attached hydrogens (tertiary/aromatic N) is 4. The molecule has 1 aromatic carbocycles. The van der Waals surface area contributed by atoms with E-state index in [0.29, 0.717) is 29.8 Å². The molecule has 0 radical (unpaired) electrons. The Morgan fingerprint density at radius 1 is 1.08 bits per heavy atom. The van der Waals surface area contributed by atoms with Crippen molar-refractivity contribution in [1.82, 2.24) is 14.6 Å². The van der Waals surface area contributed by atoms with Crippen LogP contribution in [-0.4, -0.2) is 40.9 Å². The highest BCUT2D eigenvalue weighted by molar-refractivity contribution is 6.36. The van der Waals surface area contributed by atoms with Gasteiger partial charge >= 0.3 is 0 Å². The summed E-state index contributed by atoms with van der Waals surface area (Å²) in [6, 6.07) is 7.42. The van der Waals surface area contributed by atoms with E-state index in [0.717, 1.165) is 41.4 Å². The van der Waals surface area contributed by atoms with Crippen LogP contribution in [0.4, 0.5) is 5.95 Å². The number of halogens is 2. The van der Waals surface area contributed by atoms with Crippen molar-refractivity contribution in [1.29, 1.82) is 0 Å². The largest absolute Gasteiger partial charge is 0.378 e. The van der Waals surface area contributed by atoms with E-state index >= 15 is 0 Å². The first-order valence-corrected chi connectivity index (χ1v) is 8.79. The number of nitrogens with two attached hydrogens (primary N) is 1. The lowest BCUT2D eigenvalue weighted by atomic mass is 10.0. The summed E-state index contributed by atoms with van der Waals surface area (Å²) < 4.78 is 7.40. The molecule has 0 bridgehead atoms. The molecule has 25 heavy (non-hydrogen) atoms. The molecule has 0 atom stereocenters. The molecule has 1 saturated heterocycles. The predicted octanol–water partition coefficient (Wildman–Crippen LogP) is 3.00. The maximum atomic E-state index is 6.41. The molecular formula is C17H17Cl2N5O. The third-order valence-electron chi connectivity index (χ3n) is 4.35. The van der Waals surface area contributed by atoms with E-state index < -0.39 is 0 Å². The summed E-state index contributed by atoms with van der Waals surface area (Å²) in [7, 11) is 0. The van der Waals surface area contributed by atoms with Crippen molar-refractivity contribution in [2.24, 2.45) is 5.73 Å². The fourth-order valence-corrected chi connectivity index (χ4v) is 3.57. The van der Waals surface area contributed by atoms with Gasteiger partial charge in [-0.2, -0.15) is 0 Å². The molecule has 130 valence electrons. The predicted molar refractivity (Wildman–Crippen MR) is 99.4 cm³/mol. The van der Waals surface area contributed by atoms with E-state index in [9.17, 15) is 0 Å². The van der Waals surface area contributed by atoms with Crippen molar-refractivity contribution in [2.75, 3.05) is 31.2 Å². The van der Waals surface area contributed by atoms with Crippen LogP contribution in [0.5, 0.6) is 0 Å². The SMILES string of the molecule is NCc1cc2nnc(N3CCOCC3)n2cc1-c1ccc(Cl)cc1Cl. The van der Waals surface area contributed by atoms with Crippen molar-refractivity contribution in [2.45, 2.75) is 6.54 Å². The molecule has 8 heteroatoms. The van der Waals surface area contributed by atoms with Crippen LogP contribution < -0.4 is 10.6 Å². The van der Waals surface area contributed by atoms with Crippen molar-refractivity contribution in [3.8, 4) is 11.1 Å². The average molecular weight is 378 g/mol. The van der Waals surface area contributed by atoms with Crippen molar-refractivity contribution < 1.29 is 4.74 Å². The number of hydrogen-bond donors (Lipinski definition) is 1. The first-order chi connectivity index (χ1) is 12.2. The summed E-state index contributed by atoms with van der Waals surface area (Å²) in [5.41, 5.74) is 9.51. The lowest BCUT2D eigenvalue weighted by molar-refractivity contribution is 0.122. The molecule has 1 aliphatic heterocycles. The Balaban J connectivity index is 1.87. The molecule has 4 rings (SSSR count). The number of pyridine rings is 1. The Morgan fingerprint density at radius 2 is 1.88 bits per heavy atom. The van der Waals surface area contributed by atoms with Gasteiger partial charge in [-0.25, -0.2) is 0 Å². The van der Waals surface area contributed by atoms with E-state index in [1.165, 1.54) is 0 Å². The quantitative estimate of drug-likeness (QED) is 0.759. The third-order valence-corrected chi connectivity index (χ3v) is 4.89. The van der Waals surface area contributed by atoms with Gasteiger partial charge in [0, 0.05) is 47.0 Å². The van der Waals surface area contributed by atoms with Crippen molar-refractivity contribution in [3.63, 3.8) is 0 Å². The molecule has 3 aromatic rings. The fraction of sp³-hybridized carbons (Fsp3) is 0.294. The van der Waals surface area contributed by atoms with Gasteiger partial charge in [0.15, 0.2) is 5.65 Å². The lowest BCUT2D eigenvalue weighted by Gasteiger charge is -2.26. The van der Waals surface area contributed by atoms with Gasteiger partial charge in [0.25, 0.3) is 0 Å². The summed E-state index contributed by atoms with van der Waals surface area (Å²) >= 11 is 12.4. The second kappa shape index (κ2) is 6.80. The van der Waals surface area contributed by atoms with E-state index in [1.54, 1.807) is 6.07 Å². The summed E-state index contributed by atoms with van der Waals surface area (Å²) in [6.45, 7) is 3.33. The van der Waals surface area contributed by atoms with E-state index in [-0.39, 0.29) is 0 Å². The highest BCUT2D eigenvalue weighted by Crippen LogP contribution is 2.33. The van der Waals surface area contributed by atoms with Gasteiger partial charge in [-0.1, -0.05) is 29.3 Å². The fourth-order valence-electron chi connectivity index (χ4n) is 3.06. The van der Waals surface area contributed by atoms with Crippen LogP contribution in [0, 0.1) is 0 Å². The second-order valence-electron chi connectivity index (χ2n) is 5.87. The van der Waals surface area contributed by atoms with E-state index in [1.807, 2.05) is 28.8 Å². The summed E-state index contributed by atoms with van der Waals surface area (Å²) in [6.07, 6.45) is 2.00. The van der Waals surface area contributed by atoms with E-state index in [4.69, 9.17) is 33.7 Å². The standard InChI is InChI=1S/C17H17Cl2N5O/c18-12-1-2-13(15(19)8-12)14-10-24-16(7-11(14)9-20)21-22-17(24)23-3-5-25-6-4-23/h1-2,7-8,10H,3-6,9,20H2. The Morgan fingerprint density at radius 3 is 2.60 bits per heavy atom. The Hall–Kier alpha value is -1.86. The van der Waals surface area contributed by atoms with Gasteiger partial charge in [0.2, 0.25) is 5.95 Å². The van der Waals surface area contributed by atoms with Crippen LogP contribution in [0.25, 0.3) is 16.8 Å². The van der Waals surface area contributed by atoms with E-state index in [2.05, 4.69) is 15.1 Å². The molecule has 0 amide bonds. The normalized spacial score (nSPS) is 15.1. The molecule has 0 saturated carbocycles. The minimum Gasteiger partial charge on any atom is -0.378 e. The topological polar surface area (TPSA) is 68.7 Å². The highest BCUT2D eigenvalue weighted by atomic mass is 35.5. The molecular weight excluding hydrogens is 361 g/mol. The molecule has 0 unspecified atom stereocenters. The number of ether oxygens (including phenoxy) is 1. The second-order valence-corrected chi connectivity index (χ2v) is 6.71. The minimum absolute atomic E-state index is 0.380. The molecule has 2 aromatic heterocycles. The molecule has 2 N–H and O–H groups in total. The zero-order valence-corrected chi connectivity index (χ0v) is 15.0. The summed E-state index contributed by atoms with van der Waals surface area (Å²) in [4.78, 5) is 2.17. The van der Waals surface area contributed by atoms with Crippen molar-refractivity contribution >= 4 is 34.8 Å². The lowest BCUT2D eigenvalue weighted by Crippen LogP contribution is -2.37. The first-order valence-electron chi connectivity index (χ1n) is 8.03. The number of hydrogen-bond acceptors (Lipinski definition) is 5. The van der Waals surface area contributed by atoms with Gasteiger partial charge in [-0.3, -0.25) is 4.40 Å². The zero-order chi connectivity index (χ0) is 17.4. The molecule has 0 aliphatic carbocycles.